The summed E-state index contributed by atoms with van der Waals surface area (Å²) in [6.45, 7) is 14.4. The largest absolute Gasteiger partial charge is 0.481 e. The Morgan fingerprint density at radius 3 is 2.15 bits per heavy atom. The lowest BCUT2D eigenvalue weighted by atomic mass is 9.96. The highest BCUT2D eigenvalue weighted by molar-refractivity contribution is 5.81. The number of ether oxygens (including phenoxy) is 1. The van der Waals surface area contributed by atoms with E-state index in [-0.39, 0.29) is 11.9 Å². The number of rotatable bonds is 6. The molecule has 0 unspecified atom stereocenters. The van der Waals surface area contributed by atoms with Gasteiger partial charge in [0.05, 0.1) is 6.04 Å². The van der Waals surface area contributed by atoms with Crippen molar-refractivity contribution < 1.29 is 9.53 Å². The molecule has 2 atom stereocenters. The molecule has 0 spiro atoms. The fraction of sp³-hybridized carbons (Fsp3) is 0.435. The van der Waals surface area contributed by atoms with Crippen LogP contribution in [-0.2, 0) is 4.79 Å². The van der Waals surface area contributed by atoms with Crippen LogP contribution in [0.5, 0.6) is 5.75 Å². The fourth-order valence-electron chi connectivity index (χ4n) is 3.17. The number of amides is 1. The van der Waals surface area contributed by atoms with Crippen LogP contribution in [0, 0.1) is 20.8 Å². The van der Waals surface area contributed by atoms with E-state index < -0.39 is 6.10 Å². The summed E-state index contributed by atoms with van der Waals surface area (Å²) in [5.74, 6) is 1.02. The van der Waals surface area contributed by atoms with E-state index in [2.05, 4.69) is 52.1 Å². The highest BCUT2D eigenvalue weighted by Crippen LogP contribution is 2.27. The summed E-state index contributed by atoms with van der Waals surface area (Å²) in [7, 11) is 0. The number of benzene rings is 2. The highest BCUT2D eigenvalue weighted by atomic mass is 16.5. The standard InChI is InChI=1S/C23H31NO2/c1-14(2)20-10-8-9-11-22(20)26-19(7)23(25)24-18(6)21-13-16(4)15(3)12-17(21)5/h8-14,18-19H,1-7H3,(H,24,25)/t18-,19-/m1/s1. The molecule has 0 aliphatic rings. The molecule has 0 aromatic heterocycles. The van der Waals surface area contributed by atoms with Gasteiger partial charge in [0, 0.05) is 0 Å². The minimum atomic E-state index is -0.552. The Bertz CT molecular complexity index is 780. The first kappa shape index (κ1) is 20.0. The average molecular weight is 354 g/mol. The highest BCUT2D eigenvalue weighted by Gasteiger charge is 2.20. The van der Waals surface area contributed by atoms with Crippen LogP contribution in [0.1, 0.15) is 67.5 Å². The van der Waals surface area contributed by atoms with E-state index in [1.54, 1.807) is 6.92 Å². The third kappa shape index (κ3) is 4.66. The second-order valence-electron chi connectivity index (χ2n) is 7.48. The zero-order valence-electron chi connectivity index (χ0n) is 17.0. The number of para-hydroxylation sites is 1. The van der Waals surface area contributed by atoms with E-state index in [0.29, 0.717) is 5.92 Å². The fourth-order valence-corrected chi connectivity index (χ4v) is 3.17. The third-order valence-electron chi connectivity index (χ3n) is 4.92. The molecule has 1 amide bonds. The molecule has 3 nitrogen and oxygen atoms in total. The molecule has 2 aromatic rings. The molecule has 26 heavy (non-hydrogen) atoms. The normalized spacial score (nSPS) is 13.4. The van der Waals surface area contributed by atoms with E-state index in [4.69, 9.17) is 4.74 Å². The molecule has 0 bridgehead atoms. The predicted octanol–water partition coefficient (Wildman–Crippen LogP) is 5.38. The maximum Gasteiger partial charge on any atom is 0.261 e. The second-order valence-corrected chi connectivity index (χ2v) is 7.48. The maximum absolute atomic E-state index is 12.6. The van der Waals surface area contributed by atoms with Crippen molar-refractivity contribution in [1.29, 1.82) is 0 Å². The molecule has 140 valence electrons. The van der Waals surface area contributed by atoms with Gasteiger partial charge in [-0.05, 0) is 74.4 Å². The lowest BCUT2D eigenvalue weighted by molar-refractivity contribution is -0.127. The summed E-state index contributed by atoms with van der Waals surface area (Å²) in [6.07, 6.45) is -0.552. The summed E-state index contributed by atoms with van der Waals surface area (Å²) >= 11 is 0. The summed E-state index contributed by atoms with van der Waals surface area (Å²) < 4.78 is 5.97. The zero-order valence-corrected chi connectivity index (χ0v) is 17.0. The van der Waals surface area contributed by atoms with Gasteiger partial charge in [-0.25, -0.2) is 0 Å². The van der Waals surface area contributed by atoms with Gasteiger partial charge in [-0.2, -0.15) is 0 Å². The van der Waals surface area contributed by atoms with Crippen molar-refractivity contribution in [3.05, 3.63) is 64.2 Å². The van der Waals surface area contributed by atoms with E-state index in [0.717, 1.165) is 16.9 Å². The quantitative estimate of drug-likeness (QED) is 0.757. The lowest BCUT2D eigenvalue weighted by Crippen LogP contribution is -2.38. The molecule has 1 N–H and O–H groups in total. The number of aryl methyl sites for hydroxylation is 3. The molecule has 0 fully saturated rings. The number of hydrogen-bond acceptors (Lipinski definition) is 2. The van der Waals surface area contributed by atoms with Crippen LogP contribution in [0.4, 0.5) is 0 Å². The van der Waals surface area contributed by atoms with Crippen LogP contribution >= 0.6 is 0 Å². The Balaban J connectivity index is 2.09. The molecule has 0 saturated carbocycles. The Kier molecular flexibility index (Phi) is 6.47. The Morgan fingerprint density at radius 1 is 0.885 bits per heavy atom. The maximum atomic E-state index is 12.6. The first-order valence-corrected chi connectivity index (χ1v) is 9.34. The zero-order chi connectivity index (χ0) is 19.4. The van der Waals surface area contributed by atoms with Crippen molar-refractivity contribution in [1.82, 2.24) is 5.32 Å². The second kappa shape index (κ2) is 8.39. The topological polar surface area (TPSA) is 38.3 Å². The van der Waals surface area contributed by atoms with Crippen LogP contribution in [0.2, 0.25) is 0 Å². The number of carbonyl (C=O) groups is 1. The van der Waals surface area contributed by atoms with Crippen LogP contribution in [-0.4, -0.2) is 12.0 Å². The number of carbonyl (C=O) groups excluding carboxylic acids is 1. The molecular formula is C23H31NO2. The molecule has 3 heteroatoms. The first-order chi connectivity index (χ1) is 12.2. The van der Waals surface area contributed by atoms with Crippen molar-refractivity contribution in [2.75, 3.05) is 0 Å². The summed E-state index contributed by atoms with van der Waals surface area (Å²) in [5.41, 5.74) is 5.97. The first-order valence-electron chi connectivity index (χ1n) is 9.34. The molecule has 2 rings (SSSR count). The average Bonchev–Trinajstić information content (AvgIpc) is 2.58. The van der Waals surface area contributed by atoms with Crippen molar-refractivity contribution in [3.8, 4) is 5.75 Å². The molecule has 2 aromatic carbocycles. The Labute approximate surface area is 157 Å². The van der Waals surface area contributed by atoms with Crippen LogP contribution in [0.25, 0.3) is 0 Å². The van der Waals surface area contributed by atoms with E-state index in [9.17, 15) is 4.79 Å². The van der Waals surface area contributed by atoms with Crippen molar-refractivity contribution in [2.45, 2.75) is 66.5 Å². The predicted molar refractivity (Wildman–Crippen MR) is 108 cm³/mol. The number of hydrogen-bond donors (Lipinski definition) is 1. The minimum Gasteiger partial charge on any atom is -0.481 e. The van der Waals surface area contributed by atoms with Crippen molar-refractivity contribution >= 4 is 5.91 Å². The summed E-state index contributed by atoms with van der Waals surface area (Å²) in [5, 5.41) is 3.09. The van der Waals surface area contributed by atoms with Gasteiger partial charge in [-0.3, -0.25) is 4.79 Å². The van der Waals surface area contributed by atoms with Gasteiger partial charge < -0.3 is 10.1 Å². The minimum absolute atomic E-state index is 0.0619. The van der Waals surface area contributed by atoms with Crippen molar-refractivity contribution in [2.24, 2.45) is 0 Å². The monoisotopic (exact) mass is 353 g/mol. The van der Waals surface area contributed by atoms with Crippen LogP contribution < -0.4 is 10.1 Å². The number of nitrogens with one attached hydrogen (secondary N) is 1. The lowest BCUT2D eigenvalue weighted by Gasteiger charge is -2.22. The van der Waals surface area contributed by atoms with Crippen molar-refractivity contribution in [3.63, 3.8) is 0 Å². The van der Waals surface area contributed by atoms with Crippen LogP contribution in [0.3, 0.4) is 0 Å². The molecule has 0 aliphatic carbocycles. The van der Waals surface area contributed by atoms with Gasteiger partial charge in [0.15, 0.2) is 6.10 Å². The van der Waals surface area contributed by atoms with Gasteiger partial charge in [0.25, 0.3) is 5.91 Å². The molecule has 0 saturated heterocycles. The smallest absolute Gasteiger partial charge is 0.261 e. The van der Waals surface area contributed by atoms with E-state index >= 15 is 0 Å². The van der Waals surface area contributed by atoms with Gasteiger partial charge in [0.2, 0.25) is 0 Å². The van der Waals surface area contributed by atoms with Gasteiger partial charge in [-0.15, -0.1) is 0 Å². The van der Waals surface area contributed by atoms with E-state index in [1.807, 2.05) is 31.2 Å². The molecule has 0 aliphatic heterocycles. The van der Waals surface area contributed by atoms with Gasteiger partial charge >= 0.3 is 0 Å². The Hall–Kier alpha value is -2.29. The van der Waals surface area contributed by atoms with E-state index in [1.165, 1.54) is 16.7 Å². The SMILES string of the molecule is Cc1cc(C)c([C@@H](C)NC(=O)[C@@H](C)Oc2ccccc2C(C)C)cc1C. The summed E-state index contributed by atoms with van der Waals surface area (Å²) in [6, 6.07) is 12.2. The molecular weight excluding hydrogens is 322 g/mol. The third-order valence-corrected chi connectivity index (χ3v) is 4.92. The van der Waals surface area contributed by atoms with Gasteiger partial charge in [-0.1, -0.05) is 44.2 Å². The van der Waals surface area contributed by atoms with Crippen LogP contribution in [0.15, 0.2) is 36.4 Å². The Morgan fingerprint density at radius 2 is 1.50 bits per heavy atom. The molecule has 0 radical (unpaired) electrons. The molecule has 0 heterocycles. The summed E-state index contributed by atoms with van der Waals surface area (Å²) in [4.78, 5) is 12.6. The van der Waals surface area contributed by atoms with Gasteiger partial charge in [0.1, 0.15) is 5.75 Å².